The molecule has 1 saturated carbocycles. The Morgan fingerprint density at radius 3 is 2.65 bits per heavy atom. The highest BCUT2D eigenvalue weighted by atomic mass is 35.5. The number of carbonyl (C=O) groups is 1. The first-order valence-corrected chi connectivity index (χ1v) is 7.86. The van der Waals surface area contributed by atoms with Gasteiger partial charge < -0.3 is 11.1 Å². The smallest absolute Gasteiger partial charge is 0.251 e. The molecule has 1 aliphatic rings. The van der Waals surface area contributed by atoms with Crippen molar-refractivity contribution in [3.05, 3.63) is 27.7 Å². The van der Waals surface area contributed by atoms with Crippen LogP contribution in [0.5, 0.6) is 0 Å². The molecule has 0 aromatic heterocycles. The SMILES string of the molecule is Nc1cc(C(=O)NCCCC2CCCC2)cc(Cl)c1Cl. The van der Waals surface area contributed by atoms with Crippen LogP contribution in [0.1, 0.15) is 48.9 Å². The van der Waals surface area contributed by atoms with Gasteiger partial charge in [0.15, 0.2) is 0 Å². The highest BCUT2D eigenvalue weighted by molar-refractivity contribution is 6.43. The number of hydrogen-bond acceptors (Lipinski definition) is 2. The summed E-state index contributed by atoms with van der Waals surface area (Å²) in [5.41, 5.74) is 6.49. The molecule has 0 atom stereocenters. The van der Waals surface area contributed by atoms with E-state index in [1.54, 1.807) is 12.1 Å². The molecule has 0 saturated heterocycles. The molecular weight excluding hydrogens is 295 g/mol. The Morgan fingerprint density at radius 1 is 1.30 bits per heavy atom. The van der Waals surface area contributed by atoms with Crippen LogP contribution in [-0.4, -0.2) is 12.5 Å². The van der Waals surface area contributed by atoms with Gasteiger partial charge in [0.1, 0.15) is 0 Å². The van der Waals surface area contributed by atoms with Crippen LogP contribution in [0.15, 0.2) is 12.1 Å². The first-order valence-electron chi connectivity index (χ1n) is 7.10. The third-order valence-corrected chi connectivity index (χ3v) is 4.68. The number of halogens is 2. The van der Waals surface area contributed by atoms with Crippen LogP contribution in [0.3, 0.4) is 0 Å². The van der Waals surface area contributed by atoms with E-state index >= 15 is 0 Å². The average Bonchev–Trinajstić information content (AvgIpc) is 2.93. The minimum atomic E-state index is -0.151. The van der Waals surface area contributed by atoms with Crippen molar-refractivity contribution < 1.29 is 4.79 Å². The highest BCUT2D eigenvalue weighted by Crippen LogP contribution is 2.30. The topological polar surface area (TPSA) is 55.1 Å². The lowest BCUT2D eigenvalue weighted by molar-refractivity contribution is 0.0952. The van der Waals surface area contributed by atoms with Gasteiger partial charge in [-0.25, -0.2) is 0 Å². The standard InChI is InChI=1S/C15H20Cl2N2O/c16-12-8-11(9-13(18)14(12)17)15(20)19-7-3-6-10-4-1-2-5-10/h8-10H,1-7,18H2,(H,19,20). The van der Waals surface area contributed by atoms with Gasteiger partial charge >= 0.3 is 0 Å². The molecule has 2 rings (SSSR count). The summed E-state index contributed by atoms with van der Waals surface area (Å²) in [7, 11) is 0. The van der Waals surface area contributed by atoms with Crippen LogP contribution in [0.25, 0.3) is 0 Å². The maximum Gasteiger partial charge on any atom is 0.251 e. The van der Waals surface area contributed by atoms with Gasteiger partial charge in [0.2, 0.25) is 0 Å². The molecule has 3 N–H and O–H groups in total. The second kappa shape index (κ2) is 7.19. The van der Waals surface area contributed by atoms with Gasteiger partial charge in [-0.1, -0.05) is 48.9 Å². The van der Waals surface area contributed by atoms with Crippen molar-refractivity contribution >= 4 is 34.8 Å². The third kappa shape index (κ3) is 4.03. The van der Waals surface area contributed by atoms with Crippen molar-refractivity contribution in [3.63, 3.8) is 0 Å². The first-order chi connectivity index (χ1) is 9.58. The zero-order valence-corrected chi connectivity index (χ0v) is 12.9. The molecule has 20 heavy (non-hydrogen) atoms. The Kier molecular flexibility index (Phi) is 5.55. The fourth-order valence-corrected chi connectivity index (χ4v) is 3.07. The molecule has 1 fully saturated rings. The maximum atomic E-state index is 12.0. The summed E-state index contributed by atoms with van der Waals surface area (Å²) in [6.45, 7) is 0.690. The summed E-state index contributed by atoms with van der Waals surface area (Å²) in [6.07, 6.45) is 7.63. The number of rotatable bonds is 5. The summed E-state index contributed by atoms with van der Waals surface area (Å²) in [5, 5.41) is 3.50. The maximum absolute atomic E-state index is 12.0. The minimum absolute atomic E-state index is 0.151. The van der Waals surface area contributed by atoms with E-state index in [9.17, 15) is 4.79 Å². The Balaban J connectivity index is 1.79. The molecule has 0 aliphatic heterocycles. The number of nitrogens with two attached hydrogens (primary N) is 1. The van der Waals surface area contributed by atoms with Gasteiger partial charge in [-0.15, -0.1) is 0 Å². The van der Waals surface area contributed by atoms with Crippen LogP contribution < -0.4 is 11.1 Å². The van der Waals surface area contributed by atoms with Crippen molar-refractivity contribution in [3.8, 4) is 0 Å². The molecule has 0 unspecified atom stereocenters. The van der Waals surface area contributed by atoms with E-state index in [4.69, 9.17) is 28.9 Å². The molecule has 5 heteroatoms. The highest BCUT2D eigenvalue weighted by Gasteiger charge is 2.15. The van der Waals surface area contributed by atoms with Crippen molar-refractivity contribution in [2.45, 2.75) is 38.5 Å². The van der Waals surface area contributed by atoms with Crippen molar-refractivity contribution in [1.29, 1.82) is 0 Å². The number of anilines is 1. The lowest BCUT2D eigenvalue weighted by Gasteiger charge is -2.10. The molecule has 3 nitrogen and oxygen atoms in total. The fraction of sp³-hybridized carbons (Fsp3) is 0.533. The van der Waals surface area contributed by atoms with E-state index in [1.807, 2.05) is 0 Å². The van der Waals surface area contributed by atoms with Crippen LogP contribution in [-0.2, 0) is 0 Å². The van der Waals surface area contributed by atoms with Gasteiger partial charge in [-0.3, -0.25) is 4.79 Å². The van der Waals surface area contributed by atoms with Gasteiger partial charge in [-0.05, 0) is 30.9 Å². The second-order valence-corrected chi connectivity index (χ2v) is 6.20. The number of benzene rings is 1. The molecule has 1 aliphatic carbocycles. The van der Waals surface area contributed by atoms with Crippen LogP contribution >= 0.6 is 23.2 Å². The Bertz CT molecular complexity index is 462. The van der Waals surface area contributed by atoms with E-state index in [2.05, 4.69) is 5.32 Å². The minimum Gasteiger partial charge on any atom is -0.397 e. The molecule has 1 aromatic carbocycles. The zero-order chi connectivity index (χ0) is 14.5. The molecule has 0 spiro atoms. The average molecular weight is 315 g/mol. The van der Waals surface area contributed by atoms with Crippen LogP contribution in [0.4, 0.5) is 5.69 Å². The monoisotopic (exact) mass is 314 g/mol. The zero-order valence-electron chi connectivity index (χ0n) is 11.4. The van der Waals surface area contributed by atoms with Crippen molar-refractivity contribution in [1.82, 2.24) is 5.32 Å². The van der Waals surface area contributed by atoms with Crippen molar-refractivity contribution in [2.24, 2.45) is 5.92 Å². The van der Waals surface area contributed by atoms with E-state index in [0.29, 0.717) is 27.8 Å². The Hall–Kier alpha value is -0.930. The van der Waals surface area contributed by atoms with Crippen molar-refractivity contribution in [2.75, 3.05) is 12.3 Å². The number of nitrogens with one attached hydrogen (secondary N) is 1. The lowest BCUT2D eigenvalue weighted by atomic mass is 10.0. The van der Waals surface area contributed by atoms with E-state index in [-0.39, 0.29) is 5.91 Å². The lowest BCUT2D eigenvalue weighted by Crippen LogP contribution is -2.24. The number of nitrogen functional groups attached to an aromatic ring is 1. The summed E-state index contributed by atoms with van der Waals surface area (Å²) < 4.78 is 0. The van der Waals surface area contributed by atoms with Gasteiger partial charge in [0.05, 0.1) is 15.7 Å². The summed E-state index contributed by atoms with van der Waals surface area (Å²) >= 11 is 11.8. The Labute approximate surface area is 129 Å². The van der Waals surface area contributed by atoms with Gasteiger partial charge in [0, 0.05) is 12.1 Å². The molecule has 1 amide bonds. The molecule has 1 aromatic rings. The largest absolute Gasteiger partial charge is 0.397 e. The van der Waals surface area contributed by atoms with E-state index in [0.717, 1.165) is 12.3 Å². The Morgan fingerprint density at radius 2 is 2.00 bits per heavy atom. The number of carbonyl (C=O) groups excluding carboxylic acids is 1. The van der Waals surface area contributed by atoms with Crippen LogP contribution in [0, 0.1) is 5.92 Å². The molecular formula is C15H20Cl2N2O. The summed E-state index contributed by atoms with van der Waals surface area (Å²) in [5.74, 6) is 0.703. The molecule has 0 heterocycles. The first kappa shape index (κ1) is 15.5. The quantitative estimate of drug-likeness (QED) is 0.629. The van der Waals surface area contributed by atoms with Gasteiger partial charge in [0.25, 0.3) is 5.91 Å². The molecule has 0 radical (unpaired) electrons. The predicted octanol–water partition coefficient (Wildman–Crippen LogP) is 4.28. The molecule has 0 bridgehead atoms. The fourth-order valence-electron chi connectivity index (χ4n) is 2.74. The normalized spacial score (nSPS) is 15.5. The van der Waals surface area contributed by atoms with Crippen LogP contribution in [0.2, 0.25) is 10.0 Å². The number of amides is 1. The summed E-state index contributed by atoms with van der Waals surface area (Å²) in [4.78, 5) is 12.0. The predicted molar refractivity (Wildman–Crippen MR) is 84.4 cm³/mol. The second-order valence-electron chi connectivity index (χ2n) is 5.41. The summed E-state index contributed by atoms with van der Waals surface area (Å²) in [6, 6.07) is 3.10. The third-order valence-electron chi connectivity index (χ3n) is 3.87. The van der Waals surface area contributed by atoms with Gasteiger partial charge in [-0.2, -0.15) is 0 Å². The molecule has 110 valence electrons. The van der Waals surface area contributed by atoms with E-state index in [1.165, 1.54) is 32.1 Å². The number of hydrogen-bond donors (Lipinski definition) is 2. The van der Waals surface area contributed by atoms with E-state index < -0.39 is 0 Å².